The van der Waals surface area contributed by atoms with Crippen LogP contribution in [-0.2, 0) is 18.8 Å². The fraction of sp³-hybridized carbons (Fsp3) is 0.292. The van der Waals surface area contributed by atoms with Crippen LogP contribution in [0.25, 0.3) is 22.4 Å². The lowest BCUT2D eigenvalue weighted by molar-refractivity contribution is -0.660. The molecule has 0 bridgehead atoms. The van der Waals surface area contributed by atoms with Crippen LogP contribution in [0.5, 0.6) is 0 Å². The van der Waals surface area contributed by atoms with Gasteiger partial charge in [-0.05, 0) is 47.2 Å². The SMILES string of the molecule is [2H]C([2H])(C)c1ccc(-c2c(C)ccc3c2C(C)(C)c2ccccc2-3)[n+](C)c1. The van der Waals surface area contributed by atoms with Crippen LogP contribution in [0, 0.1) is 6.92 Å². The number of hydrogen-bond acceptors (Lipinski definition) is 0. The van der Waals surface area contributed by atoms with Gasteiger partial charge in [-0.2, -0.15) is 0 Å². The fourth-order valence-electron chi connectivity index (χ4n) is 4.32. The summed E-state index contributed by atoms with van der Waals surface area (Å²) >= 11 is 0. The van der Waals surface area contributed by atoms with Gasteiger partial charge in [-0.15, -0.1) is 0 Å². The first-order valence-electron chi connectivity index (χ1n) is 9.87. The van der Waals surface area contributed by atoms with Crippen LogP contribution in [0.2, 0.25) is 0 Å². The first kappa shape index (κ1) is 13.8. The van der Waals surface area contributed by atoms with Crippen molar-refractivity contribution in [3.63, 3.8) is 0 Å². The zero-order valence-electron chi connectivity index (χ0n) is 17.6. The quantitative estimate of drug-likeness (QED) is 0.557. The smallest absolute Gasteiger partial charge is 0.201 e. The summed E-state index contributed by atoms with van der Waals surface area (Å²) in [5.41, 5.74) is 9.63. The monoisotopic (exact) mass is 330 g/mol. The molecule has 126 valence electrons. The highest BCUT2D eigenvalue weighted by Crippen LogP contribution is 2.52. The number of rotatable bonds is 2. The maximum absolute atomic E-state index is 8.01. The minimum Gasteiger partial charge on any atom is -0.201 e. The van der Waals surface area contributed by atoms with E-state index >= 15 is 0 Å². The average Bonchev–Trinajstić information content (AvgIpc) is 2.83. The van der Waals surface area contributed by atoms with E-state index < -0.39 is 6.37 Å². The molecule has 3 aromatic rings. The van der Waals surface area contributed by atoms with Crippen molar-refractivity contribution in [3.8, 4) is 22.4 Å². The molecule has 0 radical (unpaired) electrons. The summed E-state index contributed by atoms with van der Waals surface area (Å²) < 4.78 is 18.1. The molecule has 0 atom stereocenters. The lowest BCUT2D eigenvalue weighted by atomic mass is 9.78. The molecule has 0 amide bonds. The van der Waals surface area contributed by atoms with Gasteiger partial charge in [0.1, 0.15) is 7.05 Å². The van der Waals surface area contributed by atoms with Gasteiger partial charge in [-0.3, -0.25) is 0 Å². The van der Waals surface area contributed by atoms with Crippen LogP contribution in [0.3, 0.4) is 0 Å². The van der Waals surface area contributed by atoms with Crippen molar-refractivity contribution in [3.05, 3.63) is 77.0 Å². The summed E-state index contributed by atoms with van der Waals surface area (Å²) in [5.74, 6) is 0. The third-order valence-electron chi connectivity index (χ3n) is 5.61. The third-order valence-corrected chi connectivity index (χ3v) is 5.61. The Morgan fingerprint density at radius 2 is 1.76 bits per heavy atom. The fourth-order valence-corrected chi connectivity index (χ4v) is 4.32. The summed E-state index contributed by atoms with van der Waals surface area (Å²) in [5, 5.41) is 0. The van der Waals surface area contributed by atoms with Gasteiger partial charge in [0, 0.05) is 19.8 Å². The summed E-state index contributed by atoms with van der Waals surface area (Å²) in [6.07, 6.45) is 0.572. The maximum atomic E-state index is 8.01. The average molecular weight is 330 g/mol. The van der Waals surface area contributed by atoms with Crippen molar-refractivity contribution in [2.24, 2.45) is 7.05 Å². The molecule has 4 rings (SSSR count). The Morgan fingerprint density at radius 1 is 1.00 bits per heavy atom. The highest BCUT2D eigenvalue weighted by atomic mass is 14.9. The van der Waals surface area contributed by atoms with E-state index in [1.54, 1.807) is 6.92 Å². The highest BCUT2D eigenvalue weighted by molar-refractivity contribution is 5.88. The number of benzene rings is 2. The second-order valence-corrected chi connectivity index (χ2v) is 7.51. The van der Waals surface area contributed by atoms with Crippen molar-refractivity contribution in [2.45, 2.75) is 39.5 Å². The normalized spacial score (nSPS) is 16.0. The number of fused-ring (bicyclic) bond motifs is 3. The van der Waals surface area contributed by atoms with E-state index in [-0.39, 0.29) is 5.41 Å². The lowest BCUT2D eigenvalue weighted by Crippen LogP contribution is -2.32. The molecule has 0 fully saturated rings. The van der Waals surface area contributed by atoms with E-state index in [9.17, 15) is 0 Å². The van der Waals surface area contributed by atoms with Gasteiger partial charge < -0.3 is 0 Å². The molecule has 0 N–H and O–H groups in total. The lowest BCUT2D eigenvalue weighted by Gasteiger charge is -2.24. The molecule has 0 saturated carbocycles. The predicted octanol–water partition coefficient (Wildman–Crippen LogP) is 5.36. The molecule has 1 aliphatic rings. The van der Waals surface area contributed by atoms with E-state index in [0.29, 0.717) is 5.56 Å². The topological polar surface area (TPSA) is 3.88 Å². The molecule has 1 aromatic heterocycles. The minimum atomic E-state index is -1.35. The molecular formula is C24H26N+. The van der Waals surface area contributed by atoms with Crippen molar-refractivity contribution in [1.29, 1.82) is 0 Å². The first-order chi connectivity index (χ1) is 12.6. The number of hydrogen-bond donors (Lipinski definition) is 0. The minimum absolute atomic E-state index is 0.0711. The van der Waals surface area contributed by atoms with Gasteiger partial charge >= 0.3 is 0 Å². The number of aromatic nitrogens is 1. The van der Waals surface area contributed by atoms with E-state index in [1.165, 1.54) is 33.4 Å². The van der Waals surface area contributed by atoms with Crippen molar-refractivity contribution in [1.82, 2.24) is 0 Å². The van der Waals surface area contributed by atoms with Crippen LogP contribution in [0.1, 0.15) is 45.8 Å². The van der Waals surface area contributed by atoms with E-state index in [0.717, 1.165) is 5.69 Å². The number of aryl methyl sites for hydroxylation is 3. The maximum Gasteiger partial charge on any atom is 0.212 e. The Bertz CT molecular complexity index is 1060. The van der Waals surface area contributed by atoms with Crippen LogP contribution < -0.4 is 4.57 Å². The zero-order valence-corrected chi connectivity index (χ0v) is 15.6. The summed E-state index contributed by atoms with van der Waals surface area (Å²) in [6, 6.07) is 17.1. The molecule has 1 heterocycles. The summed E-state index contributed by atoms with van der Waals surface area (Å²) in [6.45, 7) is 8.38. The molecule has 1 heteroatoms. The van der Waals surface area contributed by atoms with Crippen molar-refractivity contribution < 1.29 is 7.31 Å². The van der Waals surface area contributed by atoms with Crippen LogP contribution in [-0.4, -0.2) is 0 Å². The molecular weight excluding hydrogens is 302 g/mol. The van der Waals surface area contributed by atoms with Gasteiger partial charge in [-0.1, -0.05) is 57.2 Å². The molecule has 1 nitrogen and oxygen atoms in total. The molecule has 2 aromatic carbocycles. The Morgan fingerprint density at radius 3 is 2.48 bits per heavy atom. The second-order valence-electron chi connectivity index (χ2n) is 7.51. The largest absolute Gasteiger partial charge is 0.212 e. The van der Waals surface area contributed by atoms with Crippen LogP contribution in [0.15, 0.2) is 54.7 Å². The number of nitrogens with zero attached hydrogens (tertiary/aromatic N) is 1. The summed E-state index contributed by atoms with van der Waals surface area (Å²) in [4.78, 5) is 0. The van der Waals surface area contributed by atoms with Crippen LogP contribution >= 0.6 is 0 Å². The Labute approximate surface area is 153 Å². The second kappa shape index (κ2) is 5.56. The molecule has 25 heavy (non-hydrogen) atoms. The molecule has 0 spiro atoms. The van der Waals surface area contributed by atoms with E-state index in [1.807, 2.05) is 19.3 Å². The third kappa shape index (κ3) is 2.26. The van der Waals surface area contributed by atoms with Gasteiger partial charge in [-0.25, -0.2) is 4.57 Å². The van der Waals surface area contributed by atoms with Gasteiger partial charge in [0.15, 0.2) is 6.20 Å². The highest BCUT2D eigenvalue weighted by Gasteiger charge is 2.39. The van der Waals surface area contributed by atoms with Gasteiger partial charge in [0.25, 0.3) is 0 Å². The molecule has 0 saturated heterocycles. The first-order valence-corrected chi connectivity index (χ1v) is 8.87. The van der Waals surface area contributed by atoms with Gasteiger partial charge in [0.05, 0.1) is 5.56 Å². The Hall–Kier alpha value is -2.41. The Kier molecular flexibility index (Phi) is 3.07. The van der Waals surface area contributed by atoms with Crippen molar-refractivity contribution in [2.75, 3.05) is 0 Å². The van der Waals surface area contributed by atoms with Crippen LogP contribution in [0.4, 0.5) is 0 Å². The molecule has 0 unspecified atom stereocenters. The van der Waals surface area contributed by atoms with Crippen molar-refractivity contribution >= 4 is 0 Å². The van der Waals surface area contributed by atoms with Gasteiger partial charge in [0.2, 0.25) is 5.69 Å². The number of pyridine rings is 1. The standard InChI is InChI=1S/C24H26N/c1-6-17-12-14-21(25(5)15-17)22-16(2)11-13-19-18-9-7-8-10-20(18)24(3,4)23(19)22/h7-15H,6H2,1-5H3/q+1/i6D2. The summed E-state index contributed by atoms with van der Waals surface area (Å²) in [7, 11) is 2.01. The molecule has 0 aliphatic heterocycles. The molecule has 1 aliphatic carbocycles. The van der Waals surface area contributed by atoms with E-state index in [2.05, 4.69) is 67.8 Å². The zero-order chi connectivity index (χ0) is 19.6. The predicted molar refractivity (Wildman–Crippen MR) is 105 cm³/mol. The Balaban J connectivity index is 2.01. The van der Waals surface area contributed by atoms with E-state index in [4.69, 9.17) is 2.74 Å².